The number of nitrogens with zero attached hydrogens (tertiary/aromatic N) is 3. The van der Waals surface area contributed by atoms with Crippen molar-refractivity contribution in [1.29, 1.82) is 0 Å². The lowest BCUT2D eigenvalue weighted by molar-refractivity contribution is 0.101. The number of rotatable bonds is 7. The summed E-state index contributed by atoms with van der Waals surface area (Å²) in [6.07, 6.45) is 0.865. The molecule has 0 unspecified atom stereocenters. The third-order valence-electron chi connectivity index (χ3n) is 8.01. The van der Waals surface area contributed by atoms with Crippen LogP contribution in [0.25, 0.3) is 10.9 Å². The molecule has 0 saturated carbocycles. The number of ether oxygens (including phenoxy) is 1. The molecule has 0 radical (unpaired) electrons. The lowest BCUT2D eigenvalue weighted by Crippen LogP contribution is -2.45. The number of carbonyl (C=O) groups is 2. The summed E-state index contributed by atoms with van der Waals surface area (Å²) in [7, 11) is 0. The van der Waals surface area contributed by atoms with E-state index in [4.69, 9.17) is 9.72 Å². The first-order valence-electron chi connectivity index (χ1n) is 14.3. The summed E-state index contributed by atoms with van der Waals surface area (Å²) in [5, 5.41) is 6.87. The van der Waals surface area contributed by atoms with Gasteiger partial charge in [0.05, 0.1) is 17.8 Å². The van der Waals surface area contributed by atoms with Gasteiger partial charge < -0.3 is 20.3 Å². The van der Waals surface area contributed by atoms with E-state index in [0.717, 1.165) is 79.2 Å². The van der Waals surface area contributed by atoms with Crippen molar-refractivity contribution in [3.05, 3.63) is 94.7 Å². The molecule has 1 fully saturated rings. The van der Waals surface area contributed by atoms with E-state index in [2.05, 4.69) is 33.4 Å². The molecule has 2 aliphatic heterocycles. The van der Waals surface area contributed by atoms with Gasteiger partial charge in [-0.2, -0.15) is 0 Å². The fourth-order valence-electron chi connectivity index (χ4n) is 5.43. The van der Waals surface area contributed by atoms with Gasteiger partial charge >= 0.3 is 0 Å². The minimum atomic E-state index is -0.228. The van der Waals surface area contributed by atoms with Crippen LogP contribution in [0.1, 0.15) is 44.5 Å². The van der Waals surface area contributed by atoms with Crippen molar-refractivity contribution in [1.82, 2.24) is 14.8 Å². The molecule has 0 spiro atoms. The average molecular weight is 550 g/mol. The highest BCUT2D eigenvalue weighted by Crippen LogP contribution is 2.27. The largest absolute Gasteiger partial charge is 0.493 e. The van der Waals surface area contributed by atoms with Crippen molar-refractivity contribution in [3.8, 4) is 5.75 Å². The second-order valence-electron chi connectivity index (χ2n) is 10.8. The second-order valence-corrected chi connectivity index (χ2v) is 10.8. The Bertz CT molecular complexity index is 1610. The molecule has 210 valence electrons. The Morgan fingerprint density at radius 2 is 1.61 bits per heavy atom. The topological polar surface area (TPSA) is 86.8 Å². The summed E-state index contributed by atoms with van der Waals surface area (Å²) in [5.74, 6) is 0.322. The fourth-order valence-corrected chi connectivity index (χ4v) is 5.43. The van der Waals surface area contributed by atoms with Crippen molar-refractivity contribution in [3.63, 3.8) is 0 Å². The first-order chi connectivity index (χ1) is 19.9. The highest BCUT2D eigenvalue weighted by Gasteiger charge is 2.18. The van der Waals surface area contributed by atoms with Crippen LogP contribution in [0.4, 0.5) is 11.4 Å². The monoisotopic (exact) mass is 549 g/mol. The number of fused-ring (bicyclic) bond motifs is 2. The quantitative estimate of drug-likeness (QED) is 0.333. The van der Waals surface area contributed by atoms with E-state index in [1.54, 1.807) is 12.1 Å². The number of aryl methyl sites for hydroxylation is 1. The van der Waals surface area contributed by atoms with Crippen molar-refractivity contribution < 1.29 is 14.3 Å². The zero-order valence-corrected chi connectivity index (χ0v) is 23.6. The number of pyridine rings is 1. The molecule has 4 aromatic rings. The number of hydrogen-bond donors (Lipinski definition) is 2. The lowest BCUT2D eigenvalue weighted by atomic mass is 10.1. The molecule has 2 N–H and O–H groups in total. The predicted octanol–water partition coefficient (Wildman–Crippen LogP) is 5.12. The van der Waals surface area contributed by atoms with E-state index in [0.29, 0.717) is 29.1 Å². The van der Waals surface area contributed by atoms with E-state index in [1.165, 1.54) is 0 Å². The Labute approximate surface area is 240 Å². The van der Waals surface area contributed by atoms with E-state index in [-0.39, 0.29) is 11.8 Å². The number of nitrogens with one attached hydrogen (secondary N) is 2. The zero-order valence-electron chi connectivity index (χ0n) is 23.6. The number of amides is 2. The summed E-state index contributed by atoms with van der Waals surface area (Å²) in [5.41, 5.74) is 6.26. The SMILES string of the molecule is CCN1CCN(Cc2ccc3cc(C(=O)Nc4cc(NC(=O)c5ccc6c(c5)OCC6)ccc4C)ccc3n2)CC1. The molecular formula is C33H35N5O3. The zero-order chi connectivity index (χ0) is 28.3. The summed E-state index contributed by atoms with van der Waals surface area (Å²) in [6.45, 7) is 11.0. The Kier molecular flexibility index (Phi) is 7.67. The van der Waals surface area contributed by atoms with Crippen molar-refractivity contribution in [2.75, 3.05) is 50.0 Å². The standard InChI is InChI=1S/C33H35N5O3/c1-3-37-13-15-38(16-14-37)21-28-10-7-24-18-25(8-11-29(24)34-28)33(40)36-30-20-27(9-4-22(30)2)35-32(39)26-6-5-23-12-17-41-31(23)19-26/h4-11,18-20H,3,12-17,21H2,1-2H3,(H,35,39)(H,36,40). The van der Waals surface area contributed by atoms with Gasteiger partial charge in [-0.3, -0.25) is 19.5 Å². The first kappa shape index (κ1) is 26.9. The van der Waals surface area contributed by atoms with Gasteiger partial charge in [0.2, 0.25) is 0 Å². The molecule has 6 rings (SSSR count). The molecule has 0 bridgehead atoms. The first-order valence-corrected chi connectivity index (χ1v) is 14.3. The van der Waals surface area contributed by atoms with Crippen LogP contribution in [0.2, 0.25) is 0 Å². The van der Waals surface area contributed by atoms with Crippen LogP contribution in [0.5, 0.6) is 5.75 Å². The summed E-state index contributed by atoms with van der Waals surface area (Å²) in [4.78, 5) is 35.9. The molecule has 3 aromatic carbocycles. The van der Waals surface area contributed by atoms with Gasteiger partial charge in [0.15, 0.2) is 0 Å². The maximum atomic E-state index is 13.2. The van der Waals surface area contributed by atoms with Crippen LogP contribution in [-0.2, 0) is 13.0 Å². The third kappa shape index (κ3) is 6.09. The lowest BCUT2D eigenvalue weighted by Gasteiger charge is -2.33. The van der Waals surface area contributed by atoms with E-state index in [1.807, 2.05) is 55.5 Å². The molecule has 0 aliphatic carbocycles. The molecule has 41 heavy (non-hydrogen) atoms. The van der Waals surface area contributed by atoms with Crippen LogP contribution in [-0.4, -0.2) is 65.9 Å². The van der Waals surface area contributed by atoms with Crippen LogP contribution in [0.15, 0.2) is 66.7 Å². The number of carbonyl (C=O) groups excluding carboxylic acids is 2. The maximum absolute atomic E-state index is 13.2. The molecule has 3 heterocycles. The van der Waals surface area contributed by atoms with Gasteiger partial charge in [-0.15, -0.1) is 0 Å². The third-order valence-corrected chi connectivity index (χ3v) is 8.01. The summed E-state index contributed by atoms with van der Waals surface area (Å²) in [6, 6.07) is 20.7. The van der Waals surface area contributed by atoms with E-state index in [9.17, 15) is 9.59 Å². The van der Waals surface area contributed by atoms with Gasteiger partial charge in [-0.05, 0) is 73.1 Å². The number of anilines is 2. The minimum Gasteiger partial charge on any atom is -0.493 e. The Hall–Kier alpha value is -4.27. The highest BCUT2D eigenvalue weighted by atomic mass is 16.5. The van der Waals surface area contributed by atoms with Crippen LogP contribution < -0.4 is 15.4 Å². The molecule has 8 nitrogen and oxygen atoms in total. The van der Waals surface area contributed by atoms with E-state index >= 15 is 0 Å². The van der Waals surface area contributed by atoms with E-state index < -0.39 is 0 Å². The number of benzene rings is 3. The summed E-state index contributed by atoms with van der Waals surface area (Å²) < 4.78 is 5.60. The minimum absolute atomic E-state index is 0.216. The molecule has 2 amide bonds. The van der Waals surface area contributed by atoms with Gasteiger partial charge in [0.25, 0.3) is 11.8 Å². The van der Waals surface area contributed by atoms with Gasteiger partial charge in [-0.25, -0.2) is 0 Å². The molecule has 0 atom stereocenters. The molecule has 1 aromatic heterocycles. The van der Waals surface area contributed by atoms with Crippen molar-refractivity contribution in [2.45, 2.75) is 26.8 Å². The van der Waals surface area contributed by atoms with Gasteiger partial charge in [-0.1, -0.05) is 25.1 Å². The predicted molar refractivity (Wildman–Crippen MR) is 162 cm³/mol. The molecular weight excluding hydrogens is 514 g/mol. The fraction of sp³-hybridized carbons (Fsp3) is 0.303. The number of likely N-dealkylation sites (N-methyl/N-ethyl adjacent to an activating group) is 1. The van der Waals surface area contributed by atoms with Gasteiger partial charge in [0.1, 0.15) is 5.75 Å². The maximum Gasteiger partial charge on any atom is 0.255 e. The van der Waals surface area contributed by atoms with Crippen molar-refractivity contribution >= 4 is 34.1 Å². The van der Waals surface area contributed by atoms with Crippen molar-refractivity contribution in [2.24, 2.45) is 0 Å². The normalized spacial score (nSPS) is 15.4. The Morgan fingerprint density at radius 3 is 2.44 bits per heavy atom. The van der Waals surface area contributed by atoms with Crippen LogP contribution in [0.3, 0.4) is 0 Å². The average Bonchev–Trinajstić information content (AvgIpc) is 3.47. The summed E-state index contributed by atoms with van der Waals surface area (Å²) >= 11 is 0. The Balaban J connectivity index is 1.11. The Morgan fingerprint density at radius 1 is 0.854 bits per heavy atom. The molecule has 2 aliphatic rings. The number of hydrogen-bond acceptors (Lipinski definition) is 6. The number of piperazine rings is 1. The van der Waals surface area contributed by atoms with Gasteiger partial charge in [0, 0.05) is 67.0 Å². The molecule has 1 saturated heterocycles. The molecule has 8 heteroatoms. The highest BCUT2D eigenvalue weighted by molar-refractivity contribution is 6.08. The smallest absolute Gasteiger partial charge is 0.255 e. The number of aromatic nitrogens is 1. The van der Waals surface area contributed by atoms with Crippen LogP contribution in [0, 0.1) is 6.92 Å². The van der Waals surface area contributed by atoms with Crippen LogP contribution >= 0.6 is 0 Å². The second kappa shape index (κ2) is 11.7.